The third kappa shape index (κ3) is 4.36. The van der Waals surface area contributed by atoms with E-state index < -0.39 is 0 Å². The van der Waals surface area contributed by atoms with Crippen LogP contribution in [0, 0.1) is 4.77 Å². The second-order valence-corrected chi connectivity index (χ2v) is 5.49. The summed E-state index contributed by atoms with van der Waals surface area (Å²) in [5, 5.41) is 9.82. The van der Waals surface area contributed by atoms with E-state index in [4.69, 9.17) is 12.2 Å². The molecule has 0 aliphatic rings. The molecule has 22 heavy (non-hydrogen) atoms. The lowest BCUT2D eigenvalue weighted by atomic mass is 10.2. The van der Waals surface area contributed by atoms with Gasteiger partial charge in [-0.15, -0.1) is 0 Å². The van der Waals surface area contributed by atoms with E-state index in [9.17, 15) is 4.79 Å². The Morgan fingerprint density at radius 2 is 2.36 bits per heavy atom. The van der Waals surface area contributed by atoms with Crippen LogP contribution < -0.4 is 5.32 Å². The van der Waals surface area contributed by atoms with Gasteiger partial charge in [-0.2, -0.15) is 5.10 Å². The smallest absolute Gasteiger partial charge is 0.244 e. The highest BCUT2D eigenvalue weighted by molar-refractivity contribution is 7.71. The molecule has 0 aromatic carbocycles. The van der Waals surface area contributed by atoms with Crippen molar-refractivity contribution < 1.29 is 4.79 Å². The summed E-state index contributed by atoms with van der Waals surface area (Å²) in [6.45, 7) is 5.19. The van der Waals surface area contributed by atoms with Gasteiger partial charge in [0.15, 0.2) is 4.77 Å². The molecule has 0 saturated heterocycles. The van der Waals surface area contributed by atoms with Crippen LogP contribution >= 0.6 is 12.2 Å². The van der Waals surface area contributed by atoms with Gasteiger partial charge in [-0.05, 0) is 29.9 Å². The minimum atomic E-state index is -0.148. The number of rotatable bonds is 6. The van der Waals surface area contributed by atoms with Gasteiger partial charge in [0.2, 0.25) is 5.91 Å². The molecule has 0 unspecified atom stereocenters. The number of aromatic amines is 1. The quantitative estimate of drug-likeness (QED) is 0.633. The summed E-state index contributed by atoms with van der Waals surface area (Å²) in [6, 6.07) is 3.71. The second kappa shape index (κ2) is 7.65. The zero-order valence-electron chi connectivity index (χ0n) is 12.6. The summed E-state index contributed by atoms with van der Waals surface area (Å²) in [6.07, 6.45) is 6.61. The summed E-state index contributed by atoms with van der Waals surface area (Å²) >= 11 is 5.20. The Kier molecular flexibility index (Phi) is 5.60. The van der Waals surface area contributed by atoms with E-state index in [1.165, 1.54) is 6.08 Å². The maximum atomic E-state index is 11.8. The first kappa shape index (κ1) is 16.1. The Balaban J connectivity index is 1.86. The molecule has 0 bridgehead atoms. The SMILES string of the molecule is CC(C)c1n[nH]c(=S)n1CCNC(=O)C=Cc1cccnc1. The lowest BCUT2D eigenvalue weighted by molar-refractivity contribution is -0.116. The molecular weight excluding hydrogens is 298 g/mol. The molecule has 2 rings (SSSR count). The van der Waals surface area contributed by atoms with Crippen molar-refractivity contribution in [3.8, 4) is 0 Å². The van der Waals surface area contributed by atoms with Gasteiger partial charge in [-0.25, -0.2) is 0 Å². The van der Waals surface area contributed by atoms with Crippen LogP contribution in [0.25, 0.3) is 6.08 Å². The number of nitrogens with zero attached hydrogens (tertiary/aromatic N) is 3. The van der Waals surface area contributed by atoms with Crippen molar-refractivity contribution in [2.24, 2.45) is 0 Å². The van der Waals surface area contributed by atoms with Crippen molar-refractivity contribution in [2.45, 2.75) is 26.3 Å². The van der Waals surface area contributed by atoms with Gasteiger partial charge < -0.3 is 9.88 Å². The molecule has 0 aliphatic carbocycles. The van der Waals surface area contributed by atoms with E-state index in [1.807, 2.05) is 16.7 Å². The van der Waals surface area contributed by atoms with Crippen LogP contribution in [0.2, 0.25) is 0 Å². The van der Waals surface area contributed by atoms with Gasteiger partial charge in [-0.1, -0.05) is 19.9 Å². The topological polar surface area (TPSA) is 75.6 Å². The average molecular weight is 317 g/mol. The van der Waals surface area contributed by atoms with E-state index in [2.05, 4.69) is 34.3 Å². The number of hydrogen-bond donors (Lipinski definition) is 2. The maximum absolute atomic E-state index is 11.8. The van der Waals surface area contributed by atoms with Crippen molar-refractivity contribution in [3.05, 3.63) is 46.8 Å². The van der Waals surface area contributed by atoms with Crippen LogP contribution in [-0.4, -0.2) is 32.2 Å². The van der Waals surface area contributed by atoms with Gasteiger partial charge in [0.25, 0.3) is 0 Å². The van der Waals surface area contributed by atoms with Gasteiger partial charge in [0.1, 0.15) is 5.82 Å². The van der Waals surface area contributed by atoms with E-state index in [1.54, 1.807) is 18.5 Å². The third-order valence-corrected chi connectivity index (χ3v) is 3.36. The van der Waals surface area contributed by atoms with E-state index >= 15 is 0 Å². The van der Waals surface area contributed by atoms with E-state index in [-0.39, 0.29) is 11.8 Å². The molecule has 0 saturated carbocycles. The van der Waals surface area contributed by atoms with Crippen molar-refractivity contribution in [2.75, 3.05) is 6.54 Å². The molecule has 2 heterocycles. The normalized spacial score (nSPS) is 11.2. The van der Waals surface area contributed by atoms with Crippen molar-refractivity contribution in [1.29, 1.82) is 0 Å². The fraction of sp³-hybridized carbons (Fsp3) is 0.333. The summed E-state index contributed by atoms with van der Waals surface area (Å²) in [5.41, 5.74) is 0.886. The Morgan fingerprint density at radius 1 is 1.55 bits per heavy atom. The highest BCUT2D eigenvalue weighted by Gasteiger charge is 2.09. The van der Waals surface area contributed by atoms with Crippen LogP contribution in [0.15, 0.2) is 30.6 Å². The molecule has 6 nitrogen and oxygen atoms in total. The minimum absolute atomic E-state index is 0.148. The number of hydrogen-bond acceptors (Lipinski definition) is 4. The zero-order valence-corrected chi connectivity index (χ0v) is 13.4. The van der Waals surface area contributed by atoms with Crippen molar-refractivity contribution >= 4 is 24.2 Å². The first-order chi connectivity index (χ1) is 10.6. The van der Waals surface area contributed by atoms with Gasteiger partial charge >= 0.3 is 0 Å². The van der Waals surface area contributed by atoms with Gasteiger partial charge in [0, 0.05) is 37.5 Å². The monoisotopic (exact) mass is 317 g/mol. The van der Waals surface area contributed by atoms with Crippen molar-refractivity contribution in [1.82, 2.24) is 25.1 Å². The number of amides is 1. The van der Waals surface area contributed by atoms with Crippen LogP contribution in [-0.2, 0) is 11.3 Å². The van der Waals surface area contributed by atoms with Crippen LogP contribution in [0.1, 0.15) is 31.2 Å². The standard InChI is InChI=1S/C15H19N5OS/c1-11(2)14-18-19-15(22)20(14)9-8-17-13(21)6-5-12-4-3-7-16-10-12/h3-7,10-11H,8-9H2,1-2H3,(H,17,21)(H,19,22). The minimum Gasteiger partial charge on any atom is -0.351 e. The Labute approximate surface area is 134 Å². The predicted octanol–water partition coefficient (Wildman–Crippen LogP) is 2.29. The number of pyridine rings is 1. The van der Waals surface area contributed by atoms with Crippen molar-refractivity contribution in [3.63, 3.8) is 0 Å². The van der Waals surface area contributed by atoms with E-state index in [0.29, 0.717) is 17.9 Å². The largest absolute Gasteiger partial charge is 0.351 e. The zero-order chi connectivity index (χ0) is 15.9. The molecule has 0 aliphatic heterocycles. The molecule has 1 amide bonds. The molecule has 2 N–H and O–H groups in total. The third-order valence-electron chi connectivity index (χ3n) is 3.05. The highest BCUT2D eigenvalue weighted by atomic mass is 32.1. The number of carbonyl (C=O) groups excluding carboxylic acids is 1. The fourth-order valence-electron chi connectivity index (χ4n) is 1.98. The predicted molar refractivity (Wildman–Crippen MR) is 87.8 cm³/mol. The highest BCUT2D eigenvalue weighted by Crippen LogP contribution is 2.10. The molecule has 0 radical (unpaired) electrons. The Morgan fingerprint density at radius 3 is 3.05 bits per heavy atom. The summed E-state index contributed by atoms with van der Waals surface area (Å²) < 4.78 is 2.48. The molecule has 2 aromatic heterocycles. The molecular formula is C15H19N5OS. The summed E-state index contributed by atoms with van der Waals surface area (Å²) in [5.74, 6) is 1.02. The Hall–Kier alpha value is -2.28. The Bertz CT molecular complexity index is 702. The van der Waals surface area contributed by atoms with E-state index in [0.717, 1.165) is 11.4 Å². The maximum Gasteiger partial charge on any atom is 0.244 e. The second-order valence-electron chi connectivity index (χ2n) is 5.10. The summed E-state index contributed by atoms with van der Waals surface area (Å²) in [7, 11) is 0. The van der Waals surface area contributed by atoms with Crippen LogP contribution in [0.4, 0.5) is 0 Å². The van der Waals surface area contributed by atoms with Gasteiger partial charge in [-0.3, -0.25) is 14.9 Å². The average Bonchev–Trinajstić information content (AvgIpc) is 2.88. The molecule has 0 spiro atoms. The number of aromatic nitrogens is 4. The molecule has 2 aromatic rings. The fourth-order valence-corrected chi connectivity index (χ4v) is 2.21. The molecule has 116 valence electrons. The van der Waals surface area contributed by atoms with Crippen LogP contribution in [0.3, 0.4) is 0 Å². The van der Waals surface area contributed by atoms with Gasteiger partial charge in [0.05, 0.1) is 0 Å². The first-order valence-corrected chi connectivity index (χ1v) is 7.50. The molecule has 7 heteroatoms. The molecule has 0 fully saturated rings. The molecule has 0 atom stereocenters. The first-order valence-electron chi connectivity index (χ1n) is 7.09. The summed E-state index contributed by atoms with van der Waals surface area (Å²) in [4.78, 5) is 15.8. The number of H-pyrrole nitrogens is 1. The lowest BCUT2D eigenvalue weighted by Gasteiger charge is -2.09. The lowest BCUT2D eigenvalue weighted by Crippen LogP contribution is -2.26. The number of nitrogens with one attached hydrogen (secondary N) is 2. The van der Waals surface area contributed by atoms with Crippen LogP contribution in [0.5, 0.6) is 0 Å². The number of carbonyl (C=O) groups is 1.